The van der Waals surface area contributed by atoms with E-state index in [4.69, 9.17) is 4.74 Å². The van der Waals surface area contributed by atoms with Crippen LogP contribution in [0.1, 0.15) is 118 Å². The summed E-state index contributed by atoms with van der Waals surface area (Å²) in [4.78, 5) is 24.4. The van der Waals surface area contributed by atoms with Gasteiger partial charge in [0.1, 0.15) is 6.10 Å². The molecule has 3 aliphatic rings. The first-order valence-corrected chi connectivity index (χ1v) is 15.6. The van der Waals surface area contributed by atoms with Crippen molar-refractivity contribution >= 4 is 18.1 Å². The lowest BCUT2D eigenvalue weighted by molar-refractivity contribution is -0.138. The Morgan fingerprint density at radius 3 is 2.41 bits per heavy atom. The Kier molecular flexibility index (Phi) is 8.15. The molecule has 0 spiro atoms. The highest BCUT2D eigenvalue weighted by molar-refractivity contribution is 5.99. The van der Waals surface area contributed by atoms with Crippen LogP contribution in [0.3, 0.4) is 0 Å². The van der Waals surface area contributed by atoms with Crippen LogP contribution in [0, 0.1) is 19.8 Å². The Hall–Kier alpha value is -3.02. The van der Waals surface area contributed by atoms with Crippen LogP contribution in [-0.2, 0) is 21.5 Å². The minimum Gasteiger partial charge on any atom is -0.464 e. The second-order valence-electron chi connectivity index (χ2n) is 14.3. The van der Waals surface area contributed by atoms with E-state index in [1.54, 1.807) is 0 Å². The van der Waals surface area contributed by atoms with Crippen molar-refractivity contribution in [2.45, 2.75) is 129 Å². The Morgan fingerprint density at radius 2 is 1.80 bits per heavy atom. The highest BCUT2D eigenvalue weighted by Crippen LogP contribution is 2.49. The summed E-state index contributed by atoms with van der Waals surface area (Å²) in [5.74, 6) is 0.598. The van der Waals surface area contributed by atoms with Crippen molar-refractivity contribution in [1.82, 2.24) is 15.2 Å². The molecule has 2 N–H and O–H groups in total. The maximum Gasteiger partial charge on any atom is 0.293 e. The van der Waals surface area contributed by atoms with Crippen LogP contribution in [0.25, 0.3) is 17.0 Å². The molecule has 3 fully saturated rings. The molecule has 0 radical (unpaired) electrons. The van der Waals surface area contributed by atoms with Gasteiger partial charge in [-0.1, -0.05) is 32.8 Å². The van der Waals surface area contributed by atoms with Crippen LogP contribution in [0.4, 0.5) is 0 Å². The largest absolute Gasteiger partial charge is 0.464 e. The number of nitrogens with zero attached hydrogens (tertiary/aromatic N) is 1. The van der Waals surface area contributed by atoms with Gasteiger partial charge in [0.25, 0.3) is 12.4 Å². The van der Waals surface area contributed by atoms with Crippen LogP contribution in [0.5, 0.6) is 0 Å². The first kappa shape index (κ1) is 29.5. The molecule has 0 bridgehead atoms. The molecule has 6 nitrogen and oxygen atoms in total. The number of carbonyl (C=O) groups excluding carboxylic acids is 2. The number of amides is 1. The Balaban J connectivity index is 1.56. The third-order valence-corrected chi connectivity index (χ3v) is 9.62. The average molecular weight is 560 g/mol. The molecule has 2 aromatic rings. The van der Waals surface area contributed by atoms with Gasteiger partial charge in [0.2, 0.25) is 0 Å². The minimum atomic E-state index is -0.0915. The molecule has 1 aromatic carbocycles. The molecule has 1 aromatic heterocycles. The third-order valence-electron chi connectivity index (χ3n) is 9.62. The second-order valence-corrected chi connectivity index (χ2v) is 14.3. The van der Waals surface area contributed by atoms with Gasteiger partial charge in [0, 0.05) is 42.4 Å². The molecule has 3 aliphatic carbocycles. The lowest BCUT2D eigenvalue weighted by Gasteiger charge is -2.34. The Bertz CT molecular complexity index is 1320. The molecule has 6 heteroatoms. The van der Waals surface area contributed by atoms with E-state index in [0.29, 0.717) is 25.2 Å². The average Bonchev–Trinajstić information content (AvgIpc) is 3.59. The molecular formula is C35H49N3O3. The predicted octanol–water partition coefficient (Wildman–Crippen LogP) is 7.20. The van der Waals surface area contributed by atoms with Crippen molar-refractivity contribution in [2.24, 2.45) is 5.92 Å². The molecule has 1 heterocycles. The van der Waals surface area contributed by atoms with E-state index in [1.165, 1.54) is 56.1 Å². The summed E-state index contributed by atoms with van der Waals surface area (Å²) in [5, 5.41) is 6.82. The first-order valence-electron chi connectivity index (χ1n) is 15.6. The van der Waals surface area contributed by atoms with E-state index in [9.17, 15) is 9.59 Å². The molecule has 0 aliphatic heterocycles. The van der Waals surface area contributed by atoms with Gasteiger partial charge in [0.15, 0.2) is 0 Å². The quantitative estimate of drug-likeness (QED) is 0.302. The summed E-state index contributed by atoms with van der Waals surface area (Å²) in [5.41, 5.74) is 8.69. The van der Waals surface area contributed by atoms with E-state index in [1.807, 2.05) is 0 Å². The van der Waals surface area contributed by atoms with Crippen molar-refractivity contribution in [3.05, 3.63) is 52.7 Å². The van der Waals surface area contributed by atoms with Gasteiger partial charge in [-0.05, 0) is 112 Å². The second kappa shape index (κ2) is 11.3. The summed E-state index contributed by atoms with van der Waals surface area (Å²) < 4.78 is 7.51. The van der Waals surface area contributed by atoms with Gasteiger partial charge in [-0.15, -0.1) is 0 Å². The number of nitrogens with one attached hydrogen (secondary N) is 2. The van der Waals surface area contributed by atoms with Crippen LogP contribution < -0.4 is 10.6 Å². The minimum absolute atomic E-state index is 0.0254. The monoisotopic (exact) mass is 559 g/mol. The summed E-state index contributed by atoms with van der Waals surface area (Å²) >= 11 is 0. The number of benzene rings is 1. The standard InChI is InChI=1S/C35H49N3O3/c1-22-31(33(40)36-29-18-30(19-29)41-21-39)24(3)38(20-25-11-9-8-10-12-25)32(22)27-15-26(23(2)37-34(4,5)6)16-28(17-27)35(7)13-14-35/h15-17,21,25,29-30,37H,2,8-14,18-20H2,1,3-7H3,(H,36,40)/t29-,30-. The smallest absolute Gasteiger partial charge is 0.293 e. The van der Waals surface area contributed by atoms with Crippen molar-refractivity contribution in [3.8, 4) is 11.3 Å². The number of aromatic nitrogens is 1. The lowest BCUT2D eigenvalue weighted by atomic mass is 9.88. The van der Waals surface area contributed by atoms with E-state index in [2.05, 4.69) is 81.5 Å². The zero-order chi connectivity index (χ0) is 29.5. The summed E-state index contributed by atoms with van der Waals surface area (Å²) in [6.07, 6.45) is 10.0. The summed E-state index contributed by atoms with van der Waals surface area (Å²) in [6.45, 7) is 18.9. The van der Waals surface area contributed by atoms with Crippen LogP contribution in [0.2, 0.25) is 0 Å². The van der Waals surface area contributed by atoms with Gasteiger partial charge < -0.3 is 19.9 Å². The molecule has 3 saturated carbocycles. The maximum atomic E-state index is 13.8. The van der Waals surface area contributed by atoms with Gasteiger partial charge in [0.05, 0.1) is 11.3 Å². The highest BCUT2D eigenvalue weighted by atomic mass is 16.5. The highest BCUT2D eigenvalue weighted by Gasteiger charge is 2.40. The molecule has 222 valence electrons. The fourth-order valence-electron chi connectivity index (χ4n) is 6.88. The summed E-state index contributed by atoms with van der Waals surface area (Å²) in [7, 11) is 0. The zero-order valence-corrected chi connectivity index (χ0v) is 26.0. The molecule has 5 rings (SSSR count). The lowest BCUT2D eigenvalue weighted by Crippen LogP contribution is -2.47. The van der Waals surface area contributed by atoms with Gasteiger partial charge >= 0.3 is 0 Å². The van der Waals surface area contributed by atoms with Gasteiger partial charge in [-0.2, -0.15) is 0 Å². The fourth-order valence-corrected chi connectivity index (χ4v) is 6.88. The number of ether oxygens (including phenoxy) is 1. The van der Waals surface area contributed by atoms with Crippen LogP contribution in [0.15, 0.2) is 24.8 Å². The van der Waals surface area contributed by atoms with Gasteiger partial charge in [-0.3, -0.25) is 9.59 Å². The first-order chi connectivity index (χ1) is 19.4. The number of hydrogen-bond donors (Lipinski definition) is 2. The third kappa shape index (κ3) is 6.42. The molecule has 0 atom stereocenters. The molecule has 41 heavy (non-hydrogen) atoms. The molecular weight excluding hydrogens is 510 g/mol. The Morgan fingerprint density at radius 1 is 1.12 bits per heavy atom. The van der Waals surface area contributed by atoms with E-state index >= 15 is 0 Å². The molecule has 1 amide bonds. The number of carbonyl (C=O) groups is 2. The van der Waals surface area contributed by atoms with Crippen LogP contribution >= 0.6 is 0 Å². The van der Waals surface area contributed by atoms with Crippen molar-refractivity contribution in [3.63, 3.8) is 0 Å². The molecule has 0 saturated heterocycles. The van der Waals surface area contributed by atoms with E-state index in [-0.39, 0.29) is 29.0 Å². The summed E-state index contributed by atoms with van der Waals surface area (Å²) in [6, 6.07) is 6.99. The Labute approximate surface area is 246 Å². The number of rotatable bonds is 10. The van der Waals surface area contributed by atoms with Crippen molar-refractivity contribution in [1.29, 1.82) is 0 Å². The predicted molar refractivity (Wildman–Crippen MR) is 166 cm³/mol. The van der Waals surface area contributed by atoms with Crippen molar-refractivity contribution < 1.29 is 14.3 Å². The van der Waals surface area contributed by atoms with Crippen molar-refractivity contribution in [2.75, 3.05) is 0 Å². The van der Waals surface area contributed by atoms with E-state index in [0.717, 1.165) is 40.3 Å². The normalized spacial score (nSPS) is 22.0. The topological polar surface area (TPSA) is 72.4 Å². The zero-order valence-electron chi connectivity index (χ0n) is 26.0. The number of hydrogen-bond acceptors (Lipinski definition) is 4. The SMILES string of the molecule is C=C(NC(C)(C)C)c1cc(-c2c(C)c(C(=O)N[C@H]3C[C@H](OC=O)C3)c(C)n2CC2CCCCC2)cc(C2(C)CC2)c1. The van der Waals surface area contributed by atoms with Crippen LogP contribution in [-0.4, -0.2) is 34.6 Å². The van der Waals surface area contributed by atoms with E-state index < -0.39 is 0 Å². The fraction of sp³-hybridized carbons (Fsp3) is 0.600. The van der Waals surface area contributed by atoms with Gasteiger partial charge in [-0.25, -0.2) is 0 Å². The maximum absolute atomic E-state index is 13.8. The molecule has 0 unspecified atom stereocenters.